The second kappa shape index (κ2) is 6.14. The van der Waals surface area contributed by atoms with E-state index in [-0.39, 0.29) is 5.78 Å². The Balaban J connectivity index is 2.62. The Morgan fingerprint density at radius 1 is 0.955 bits per heavy atom. The third-order valence-electron chi connectivity index (χ3n) is 4.18. The molecule has 0 radical (unpaired) electrons. The summed E-state index contributed by atoms with van der Waals surface area (Å²) in [4.78, 5) is 24.1. The lowest BCUT2D eigenvalue weighted by Gasteiger charge is -2.34. The summed E-state index contributed by atoms with van der Waals surface area (Å²) in [7, 11) is 0. The van der Waals surface area contributed by atoms with Crippen molar-refractivity contribution in [3.05, 3.63) is 71.3 Å². The van der Waals surface area contributed by atoms with E-state index in [0.717, 1.165) is 5.56 Å². The number of benzene rings is 2. The van der Waals surface area contributed by atoms with Gasteiger partial charge < -0.3 is 5.73 Å². The molecular weight excluding hydrogens is 274 g/mol. The van der Waals surface area contributed by atoms with E-state index in [9.17, 15) is 9.59 Å². The van der Waals surface area contributed by atoms with Crippen LogP contribution in [0.25, 0.3) is 0 Å². The van der Waals surface area contributed by atoms with Gasteiger partial charge in [-0.15, -0.1) is 0 Å². The highest BCUT2D eigenvalue weighted by Gasteiger charge is 2.38. The van der Waals surface area contributed by atoms with Crippen LogP contribution in [0.2, 0.25) is 0 Å². The predicted molar refractivity (Wildman–Crippen MR) is 87.8 cm³/mol. The average molecular weight is 295 g/mol. The van der Waals surface area contributed by atoms with Gasteiger partial charge in [-0.05, 0) is 18.1 Å². The zero-order chi connectivity index (χ0) is 16.3. The van der Waals surface area contributed by atoms with Crippen LogP contribution in [0.15, 0.2) is 54.6 Å². The van der Waals surface area contributed by atoms with Crippen LogP contribution in [-0.2, 0) is 10.2 Å². The average Bonchev–Trinajstić information content (AvgIpc) is 2.48. The van der Waals surface area contributed by atoms with E-state index < -0.39 is 17.2 Å². The number of amides is 1. The zero-order valence-corrected chi connectivity index (χ0v) is 13.2. The van der Waals surface area contributed by atoms with Crippen LogP contribution in [0.5, 0.6) is 0 Å². The van der Waals surface area contributed by atoms with Gasteiger partial charge in [0.25, 0.3) is 0 Å². The van der Waals surface area contributed by atoms with Crippen LogP contribution >= 0.6 is 0 Å². The van der Waals surface area contributed by atoms with Gasteiger partial charge in [0.05, 0.1) is 5.92 Å². The minimum Gasteiger partial charge on any atom is -0.369 e. The summed E-state index contributed by atoms with van der Waals surface area (Å²) >= 11 is 0. The summed E-state index contributed by atoms with van der Waals surface area (Å²) < 4.78 is 0. The highest BCUT2D eigenvalue weighted by atomic mass is 16.1. The van der Waals surface area contributed by atoms with Crippen LogP contribution in [0.3, 0.4) is 0 Å². The van der Waals surface area contributed by atoms with Crippen molar-refractivity contribution in [1.82, 2.24) is 0 Å². The molecule has 1 unspecified atom stereocenters. The van der Waals surface area contributed by atoms with Gasteiger partial charge in [-0.2, -0.15) is 0 Å². The molecule has 0 spiro atoms. The van der Waals surface area contributed by atoms with E-state index in [2.05, 4.69) is 0 Å². The van der Waals surface area contributed by atoms with Gasteiger partial charge in [0.1, 0.15) is 0 Å². The fourth-order valence-corrected chi connectivity index (χ4v) is 3.00. The Labute approximate surface area is 131 Å². The molecular formula is C19H21NO2. The molecule has 2 aromatic rings. The molecule has 22 heavy (non-hydrogen) atoms. The summed E-state index contributed by atoms with van der Waals surface area (Å²) in [6, 6.07) is 17.0. The third-order valence-corrected chi connectivity index (χ3v) is 4.18. The maximum absolute atomic E-state index is 12.2. The summed E-state index contributed by atoms with van der Waals surface area (Å²) in [5.74, 6) is -1.07. The highest BCUT2D eigenvalue weighted by molar-refractivity contribution is 5.98. The number of rotatable bonds is 5. The first-order chi connectivity index (χ1) is 10.4. The molecule has 3 heteroatoms. The smallest absolute Gasteiger partial charge is 0.225 e. The van der Waals surface area contributed by atoms with Gasteiger partial charge in [0.15, 0.2) is 5.78 Å². The van der Waals surface area contributed by atoms with Gasteiger partial charge in [-0.1, -0.05) is 68.4 Å². The van der Waals surface area contributed by atoms with Crippen molar-refractivity contribution in [2.45, 2.75) is 32.1 Å². The monoisotopic (exact) mass is 295 g/mol. The molecule has 0 aliphatic carbocycles. The lowest BCUT2D eigenvalue weighted by molar-refractivity contribution is -0.120. The minimum absolute atomic E-state index is 0.0642. The number of nitrogens with two attached hydrogens (primary N) is 1. The number of hydrogen-bond acceptors (Lipinski definition) is 2. The molecule has 0 aliphatic rings. The number of carbonyl (C=O) groups is 2. The van der Waals surface area contributed by atoms with Crippen molar-refractivity contribution in [3.63, 3.8) is 0 Å². The molecule has 2 rings (SSSR count). The lowest BCUT2D eigenvalue weighted by atomic mass is 9.69. The second-order valence-electron chi connectivity index (χ2n) is 6.07. The molecule has 0 saturated heterocycles. The normalized spacial score (nSPS) is 12.7. The quantitative estimate of drug-likeness (QED) is 0.859. The van der Waals surface area contributed by atoms with Gasteiger partial charge in [0, 0.05) is 11.0 Å². The van der Waals surface area contributed by atoms with Crippen molar-refractivity contribution in [3.8, 4) is 0 Å². The first kappa shape index (κ1) is 16.0. The molecule has 0 heterocycles. The highest BCUT2D eigenvalue weighted by Crippen LogP contribution is 2.39. The Bertz CT molecular complexity index is 690. The summed E-state index contributed by atoms with van der Waals surface area (Å²) in [6.45, 7) is 5.47. The summed E-state index contributed by atoms with van der Waals surface area (Å²) in [5, 5.41) is 0. The molecule has 114 valence electrons. The molecule has 1 amide bonds. The summed E-state index contributed by atoms with van der Waals surface area (Å²) in [6.07, 6.45) is 0. The van der Waals surface area contributed by atoms with Gasteiger partial charge in [-0.3, -0.25) is 9.59 Å². The van der Waals surface area contributed by atoms with Crippen molar-refractivity contribution in [2.24, 2.45) is 5.73 Å². The van der Waals surface area contributed by atoms with Gasteiger partial charge in [0.2, 0.25) is 5.91 Å². The van der Waals surface area contributed by atoms with E-state index in [0.29, 0.717) is 11.1 Å². The number of carbonyl (C=O) groups excluding carboxylic acids is 2. The van der Waals surface area contributed by atoms with Gasteiger partial charge in [-0.25, -0.2) is 0 Å². The Kier molecular flexibility index (Phi) is 4.45. The minimum atomic E-state index is -0.574. The maximum atomic E-state index is 12.2. The van der Waals surface area contributed by atoms with Crippen molar-refractivity contribution in [1.29, 1.82) is 0 Å². The standard InChI is InChI=1S/C19H21NO2/c1-13(21)15-11-7-8-12-16(15)17(18(20)22)19(2,3)14-9-5-4-6-10-14/h4-12,17H,1-3H3,(H2,20,22). The molecule has 0 fully saturated rings. The molecule has 2 N–H and O–H groups in total. The van der Waals surface area contributed by atoms with E-state index >= 15 is 0 Å². The lowest BCUT2D eigenvalue weighted by Crippen LogP contribution is -2.37. The van der Waals surface area contributed by atoms with E-state index in [1.807, 2.05) is 56.3 Å². The second-order valence-corrected chi connectivity index (χ2v) is 6.07. The fraction of sp³-hybridized carbons (Fsp3) is 0.263. The van der Waals surface area contributed by atoms with Gasteiger partial charge >= 0.3 is 0 Å². The number of hydrogen-bond donors (Lipinski definition) is 1. The van der Waals surface area contributed by atoms with Crippen LogP contribution < -0.4 is 5.73 Å². The van der Waals surface area contributed by atoms with Crippen LogP contribution in [-0.4, -0.2) is 11.7 Å². The summed E-state index contributed by atoms with van der Waals surface area (Å²) in [5.41, 5.74) is 7.45. The van der Waals surface area contributed by atoms with E-state index in [1.165, 1.54) is 6.92 Å². The fourth-order valence-electron chi connectivity index (χ4n) is 3.00. The first-order valence-electron chi connectivity index (χ1n) is 7.30. The number of primary amides is 1. The predicted octanol–water partition coefficient (Wildman–Crippen LogP) is 3.44. The molecule has 0 aliphatic heterocycles. The largest absolute Gasteiger partial charge is 0.369 e. The van der Waals surface area contributed by atoms with Crippen LogP contribution in [0.4, 0.5) is 0 Å². The number of Topliss-reactive ketones (excluding diaryl/α,β-unsaturated/α-hetero) is 1. The molecule has 1 atom stereocenters. The van der Waals surface area contributed by atoms with Crippen molar-refractivity contribution in [2.75, 3.05) is 0 Å². The Morgan fingerprint density at radius 3 is 2.05 bits per heavy atom. The molecule has 0 bridgehead atoms. The first-order valence-corrected chi connectivity index (χ1v) is 7.30. The molecule has 0 aromatic heterocycles. The molecule has 0 saturated carbocycles. The van der Waals surface area contributed by atoms with E-state index in [4.69, 9.17) is 5.73 Å². The third kappa shape index (κ3) is 2.93. The Hall–Kier alpha value is -2.42. The van der Waals surface area contributed by atoms with Crippen molar-refractivity contribution >= 4 is 11.7 Å². The van der Waals surface area contributed by atoms with Crippen LogP contribution in [0.1, 0.15) is 48.2 Å². The zero-order valence-electron chi connectivity index (χ0n) is 13.2. The maximum Gasteiger partial charge on any atom is 0.225 e. The van der Waals surface area contributed by atoms with Crippen LogP contribution in [0, 0.1) is 0 Å². The topological polar surface area (TPSA) is 60.2 Å². The van der Waals surface area contributed by atoms with Crippen molar-refractivity contribution < 1.29 is 9.59 Å². The number of ketones is 1. The Morgan fingerprint density at radius 2 is 1.50 bits per heavy atom. The molecule has 2 aromatic carbocycles. The van der Waals surface area contributed by atoms with E-state index in [1.54, 1.807) is 12.1 Å². The SMILES string of the molecule is CC(=O)c1ccccc1C(C(N)=O)C(C)(C)c1ccccc1. The molecule has 3 nitrogen and oxygen atoms in total.